The van der Waals surface area contributed by atoms with Crippen molar-refractivity contribution >= 4 is 6.03 Å². The van der Waals surface area contributed by atoms with Crippen LogP contribution in [0.15, 0.2) is 18.7 Å². The SMILES string of the molecule is Cc1nccn1CCCNC(=O)N1CCN(Cc2ncn[nH]2)CC1. The summed E-state index contributed by atoms with van der Waals surface area (Å²) in [4.78, 5) is 24.7. The molecule has 9 nitrogen and oxygen atoms in total. The highest BCUT2D eigenvalue weighted by Crippen LogP contribution is 2.05. The third kappa shape index (κ3) is 4.31. The van der Waals surface area contributed by atoms with Crippen molar-refractivity contribution in [1.82, 2.24) is 39.8 Å². The molecule has 9 heteroatoms. The molecule has 2 aromatic rings. The van der Waals surface area contributed by atoms with Gasteiger partial charge in [-0.3, -0.25) is 10.00 Å². The summed E-state index contributed by atoms with van der Waals surface area (Å²) < 4.78 is 2.09. The van der Waals surface area contributed by atoms with E-state index < -0.39 is 0 Å². The van der Waals surface area contributed by atoms with Crippen LogP contribution in [0.3, 0.4) is 0 Å². The molecule has 3 rings (SSSR count). The molecule has 1 fully saturated rings. The highest BCUT2D eigenvalue weighted by Gasteiger charge is 2.21. The van der Waals surface area contributed by atoms with Crippen molar-refractivity contribution in [3.63, 3.8) is 0 Å². The number of piperazine rings is 1. The van der Waals surface area contributed by atoms with Gasteiger partial charge in [0.1, 0.15) is 18.0 Å². The van der Waals surface area contributed by atoms with Crippen molar-refractivity contribution in [3.8, 4) is 0 Å². The minimum absolute atomic E-state index is 0.0247. The maximum atomic E-state index is 12.2. The molecule has 24 heavy (non-hydrogen) atoms. The topological polar surface area (TPSA) is 95.0 Å². The number of urea groups is 1. The number of aryl methyl sites for hydroxylation is 2. The number of carbonyl (C=O) groups is 1. The predicted molar refractivity (Wildman–Crippen MR) is 88.2 cm³/mol. The summed E-state index contributed by atoms with van der Waals surface area (Å²) in [6, 6.07) is 0.0247. The second-order valence-corrected chi connectivity index (χ2v) is 5.95. The third-order valence-electron chi connectivity index (χ3n) is 4.27. The number of hydrogen-bond acceptors (Lipinski definition) is 5. The Morgan fingerprint density at radius 1 is 1.29 bits per heavy atom. The van der Waals surface area contributed by atoms with E-state index in [1.807, 2.05) is 18.0 Å². The van der Waals surface area contributed by atoms with Crippen molar-refractivity contribution in [1.29, 1.82) is 0 Å². The van der Waals surface area contributed by atoms with Gasteiger partial charge in [0.15, 0.2) is 0 Å². The number of amides is 2. The maximum absolute atomic E-state index is 12.2. The first kappa shape index (κ1) is 16.4. The number of carbonyl (C=O) groups excluding carboxylic acids is 1. The van der Waals surface area contributed by atoms with Crippen molar-refractivity contribution < 1.29 is 4.79 Å². The number of rotatable bonds is 6. The molecule has 1 aliphatic rings. The van der Waals surface area contributed by atoms with E-state index in [4.69, 9.17) is 0 Å². The Hall–Kier alpha value is -2.42. The Kier molecular flexibility index (Phi) is 5.42. The van der Waals surface area contributed by atoms with Crippen LogP contribution >= 0.6 is 0 Å². The average molecular weight is 332 g/mol. The Bertz CT molecular complexity index is 630. The molecule has 0 unspecified atom stereocenters. The van der Waals surface area contributed by atoms with Gasteiger partial charge in [-0.15, -0.1) is 0 Å². The van der Waals surface area contributed by atoms with Crippen LogP contribution in [-0.2, 0) is 13.1 Å². The second-order valence-electron chi connectivity index (χ2n) is 5.95. The summed E-state index contributed by atoms with van der Waals surface area (Å²) in [5, 5.41) is 9.72. The van der Waals surface area contributed by atoms with E-state index in [1.165, 1.54) is 6.33 Å². The number of nitrogens with zero attached hydrogens (tertiary/aromatic N) is 6. The molecule has 1 saturated heterocycles. The Labute approximate surface area is 141 Å². The van der Waals surface area contributed by atoms with Crippen LogP contribution < -0.4 is 5.32 Å². The van der Waals surface area contributed by atoms with E-state index in [0.29, 0.717) is 6.54 Å². The number of imidazole rings is 1. The lowest BCUT2D eigenvalue weighted by Crippen LogP contribution is -2.51. The van der Waals surface area contributed by atoms with Crippen molar-refractivity contribution in [2.75, 3.05) is 32.7 Å². The Balaban J connectivity index is 1.32. The molecule has 2 N–H and O–H groups in total. The molecule has 130 valence electrons. The molecule has 3 heterocycles. The summed E-state index contributed by atoms with van der Waals surface area (Å²) in [6.45, 7) is 7.45. The predicted octanol–water partition coefficient (Wildman–Crippen LogP) is 0.227. The molecule has 0 aliphatic carbocycles. The molecule has 0 atom stereocenters. The summed E-state index contributed by atoms with van der Waals surface area (Å²) >= 11 is 0. The minimum atomic E-state index is 0.0247. The fourth-order valence-electron chi connectivity index (χ4n) is 2.82. The van der Waals surface area contributed by atoms with E-state index in [9.17, 15) is 4.79 Å². The van der Waals surface area contributed by atoms with Crippen LogP contribution in [0.5, 0.6) is 0 Å². The van der Waals surface area contributed by atoms with Gasteiger partial charge < -0.3 is 14.8 Å². The second kappa shape index (κ2) is 7.91. The van der Waals surface area contributed by atoms with Crippen LogP contribution in [0.1, 0.15) is 18.1 Å². The standard InChI is InChI=1S/C15H24N8O/c1-13-16-4-6-22(13)5-2-3-17-15(24)23-9-7-21(8-10-23)11-14-18-12-19-20-14/h4,6,12H,2-3,5,7-11H2,1H3,(H,17,24)(H,18,19,20). The number of H-pyrrole nitrogens is 1. The third-order valence-corrected chi connectivity index (χ3v) is 4.27. The highest BCUT2D eigenvalue weighted by atomic mass is 16.2. The maximum Gasteiger partial charge on any atom is 0.317 e. The average Bonchev–Trinajstić information content (AvgIpc) is 3.24. The lowest BCUT2D eigenvalue weighted by molar-refractivity contribution is 0.133. The van der Waals surface area contributed by atoms with E-state index in [2.05, 4.69) is 34.9 Å². The monoisotopic (exact) mass is 332 g/mol. The summed E-state index contributed by atoms with van der Waals surface area (Å²) in [5.74, 6) is 1.87. The minimum Gasteiger partial charge on any atom is -0.338 e. The summed E-state index contributed by atoms with van der Waals surface area (Å²) in [5.41, 5.74) is 0. The fourth-order valence-corrected chi connectivity index (χ4v) is 2.82. The van der Waals surface area contributed by atoms with Gasteiger partial charge in [0.2, 0.25) is 0 Å². The fraction of sp³-hybridized carbons (Fsp3) is 0.600. The molecule has 1 aliphatic heterocycles. The molecule has 2 aromatic heterocycles. The van der Waals surface area contributed by atoms with Gasteiger partial charge in [-0.2, -0.15) is 5.10 Å². The van der Waals surface area contributed by atoms with E-state index in [-0.39, 0.29) is 6.03 Å². The molecule has 0 saturated carbocycles. The van der Waals surface area contributed by atoms with Crippen LogP contribution in [0.4, 0.5) is 4.79 Å². The normalized spacial score (nSPS) is 15.6. The van der Waals surface area contributed by atoms with Gasteiger partial charge >= 0.3 is 6.03 Å². The molecule has 0 radical (unpaired) electrons. The van der Waals surface area contributed by atoms with Gasteiger partial charge in [0, 0.05) is 51.7 Å². The van der Waals surface area contributed by atoms with Gasteiger partial charge in [0.05, 0.1) is 6.54 Å². The number of aromatic nitrogens is 5. The van der Waals surface area contributed by atoms with Crippen LogP contribution in [0.2, 0.25) is 0 Å². The van der Waals surface area contributed by atoms with Gasteiger partial charge in [0.25, 0.3) is 0 Å². The first-order valence-electron chi connectivity index (χ1n) is 8.29. The summed E-state index contributed by atoms with van der Waals surface area (Å²) in [7, 11) is 0. The number of aromatic amines is 1. The zero-order chi connectivity index (χ0) is 16.8. The zero-order valence-corrected chi connectivity index (χ0v) is 14.0. The molecule has 0 aromatic carbocycles. The molecule has 0 spiro atoms. The van der Waals surface area contributed by atoms with Crippen LogP contribution in [0, 0.1) is 6.92 Å². The smallest absolute Gasteiger partial charge is 0.317 e. The zero-order valence-electron chi connectivity index (χ0n) is 14.0. The first-order valence-corrected chi connectivity index (χ1v) is 8.29. The Morgan fingerprint density at radius 3 is 2.79 bits per heavy atom. The quantitative estimate of drug-likeness (QED) is 0.738. The molecular weight excluding hydrogens is 308 g/mol. The van der Waals surface area contributed by atoms with Crippen molar-refractivity contribution in [2.45, 2.75) is 26.4 Å². The lowest BCUT2D eigenvalue weighted by Gasteiger charge is -2.34. The molecule has 2 amide bonds. The number of hydrogen-bond donors (Lipinski definition) is 2. The van der Waals surface area contributed by atoms with Gasteiger partial charge in [-0.25, -0.2) is 14.8 Å². The van der Waals surface area contributed by atoms with Crippen LogP contribution in [0.25, 0.3) is 0 Å². The molecule has 0 bridgehead atoms. The van der Waals surface area contributed by atoms with E-state index in [1.54, 1.807) is 6.20 Å². The Morgan fingerprint density at radius 2 is 2.12 bits per heavy atom. The van der Waals surface area contributed by atoms with Crippen LogP contribution in [-0.4, -0.2) is 73.3 Å². The van der Waals surface area contributed by atoms with Gasteiger partial charge in [-0.1, -0.05) is 0 Å². The lowest BCUT2D eigenvalue weighted by atomic mass is 10.3. The van der Waals surface area contributed by atoms with Crippen molar-refractivity contribution in [2.24, 2.45) is 0 Å². The summed E-state index contributed by atoms with van der Waals surface area (Å²) in [6.07, 6.45) is 6.18. The van der Waals surface area contributed by atoms with Gasteiger partial charge in [-0.05, 0) is 13.3 Å². The van der Waals surface area contributed by atoms with Crippen molar-refractivity contribution in [3.05, 3.63) is 30.4 Å². The highest BCUT2D eigenvalue weighted by molar-refractivity contribution is 5.74. The largest absolute Gasteiger partial charge is 0.338 e. The van der Waals surface area contributed by atoms with E-state index in [0.717, 1.165) is 57.3 Å². The molecular formula is C15H24N8O. The van der Waals surface area contributed by atoms with E-state index >= 15 is 0 Å². The number of nitrogens with one attached hydrogen (secondary N) is 2. The first-order chi connectivity index (χ1) is 11.7.